The van der Waals surface area contributed by atoms with Crippen molar-refractivity contribution in [2.24, 2.45) is 0 Å². The lowest BCUT2D eigenvalue weighted by Gasteiger charge is -2.15. The standard InChI is InChI=1S/C37H70O4/c1-3-5-7-9-11-13-15-17-18-19-21-23-25-27-29-31-33-40-35-36(34-38)41-37(39)32-30-28-26-24-22-20-16-14-12-10-8-6-4-2/h8,10,14,16,36,38H,3-7,9,11-13,15,17-35H2,1-2H3/b10-8-,16-14-. The molecule has 1 unspecified atom stereocenters. The Hall–Kier alpha value is -1.13. The van der Waals surface area contributed by atoms with Gasteiger partial charge >= 0.3 is 5.97 Å². The van der Waals surface area contributed by atoms with Gasteiger partial charge in [-0.2, -0.15) is 0 Å². The lowest BCUT2D eigenvalue weighted by molar-refractivity contribution is -0.154. The van der Waals surface area contributed by atoms with Crippen molar-refractivity contribution in [1.82, 2.24) is 0 Å². The summed E-state index contributed by atoms with van der Waals surface area (Å²) >= 11 is 0. The van der Waals surface area contributed by atoms with E-state index < -0.39 is 6.10 Å². The van der Waals surface area contributed by atoms with E-state index in [-0.39, 0.29) is 12.6 Å². The smallest absolute Gasteiger partial charge is 0.306 e. The molecule has 0 fully saturated rings. The number of allylic oxidation sites excluding steroid dienone is 4. The number of carbonyl (C=O) groups is 1. The van der Waals surface area contributed by atoms with Gasteiger partial charge in [0.25, 0.3) is 0 Å². The van der Waals surface area contributed by atoms with E-state index in [1.807, 2.05) is 0 Å². The highest BCUT2D eigenvalue weighted by Crippen LogP contribution is 2.14. The summed E-state index contributed by atoms with van der Waals surface area (Å²) in [5.41, 5.74) is 0. The van der Waals surface area contributed by atoms with Gasteiger partial charge in [0.05, 0.1) is 13.2 Å². The highest BCUT2D eigenvalue weighted by molar-refractivity contribution is 5.69. The van der Waals surface area contributed by atoms with Gasteiger partial charge < -0.3 is 14.6 Å². The maximum atomic E-state index is 12.1. The van der Waals surface area contributed by atoms with Gasteiger partial charge in [-0.3, -0.25) is 4.79 Å². The summed E-state index contributed by atoms with van der Waals surface area (Å²) in [5, 5.41) is 9.54. The Balaban J connectivity index is 3.43. The van der Waals surface area contributed by atoms with Crippen LogP contribution in [0.15, 0.2) is 24.3 Å². The van der Waals surface area contributed by atoms with Gasteiger partial charge in [-0.05, 0) is 38.5 Å². The lowest BCUT2D eigenvalue weighted by atomic mass is 10.0. The summed E-state index contributed by atoms with van der Waals surface area (Å²) in [6.07, 6.45) is 40.7. The molecule has 4 nitrogen and oxygen atoms in total. The molecule has 41 heavy (non-hydrogen) atoms. The monoisotopic (exact) mass is 579 g/mol. The average Bonchev–Trinajstić information content (AvgIpc) is 2.98. The molecule has 0 aromatic heterocycles. The molecule has 0 aliphatic rings. The Kier molecular flexibility index (Phi) is 34.1. The Morgan fingerprint density at radius 2 is 1.07 bits per heavy atom. The van der Waals surface area contributed by atoms with Crippen molar-refractivity contribution >= 4 is 5.97 Å². The molecule has 0 aromatic rings. The Morgan fingerprint density at radius 3 is 1.61 bits per heavy atom. The maximum Gasteiger partial charge on any atom is 0.306 e. The van der Waals surface area contributed by atoms with Crippen LogP contribution in [0.2, 0.25) is 0 Å². The first-order valence-electron chi connectivity index (χ1n) is 17.9. The molecule has 242 valence electrons. The third kappa shape index (κ3) is 33.2. The number of hydrogen-bond acceptors (Lipinski definition) is 4. The number of aliphatic hydroxyl groups excluding tert-OH is 1. The summed E-state index contributed by atoms with van der Waals surface area (Å²) in [4.78, 5) is 12.1. The highest BCUT2D eigenvalue weighted by atomic mass is 16.6. The molecule has 0 bridgehead atoms. The maximum absolute atomic E-state index is 12.1. The van der Waals surface area contributed by atoms with Crippen LogP contribution in [0.3, 0.4) is 0 Å². The van der Waals surface area contributed by atoms with Crippen LogP contribution in [0.4, 0.5) is 0 Å². The fraction of sp³-hybridized carbons (Fsp3) is 0.865. The number of unbranched alkanes of at least 4 members (excludes halogenated alkanes) is 21. The van der Waals surface area contributed by atoms with Gasteiger partial charge in [0.15, 0.2) is 0 Å². The number of ether oxygens (including phenoxy) is 2. The summed E-state index contributed by atoms with van der Waals surface area (Å²) in [7, 11) is 0. The van der Waals surface area contributed by atoms with Crippen molar-refractivity contribution in [1.29, 1.82) is 0 Å². The second-order valence-corrected chi connectivity index (χ2v) is 11.9. The molecule has 0 aliphatic carbocycles. The number of carbonyl (C=O) groups excluding carboxylic acids is 1. The molecular weight excluding hydrogens is 508 g/mol. The fourth-order valence-corrected chi connectivity index (χ4v) is 5.07. The average molecular weight is 579 g/mol. The van der Waals surface area contributed by atoms with Crippen molar-refractivity contribution in [2.45, 2.75) is 187 Å². The Morgan fingerprint density at radius 1 is 0.585 bits per heavy atom. The first-order chi connectivity index (χ1) is 20.2. The summed E-state index contributed by atoms with van der Waals surface area (Å²) in [6.45, 7) is 5.28. The second kappa shape index (κ2) is 35.1. The third-order valence-electron chi connectivity index (χ3n) is 7.76. The Labute approximate surface area is 256 Å². The van der Waals surface area contributed by atoms with Gasteiger partial charge in [-0.15, -0.1) is 0 Å². The van der Waals surface area contributed by atoms with Crippen LogP contribution in [0.25, 0.3) is 0 Å². The summed E-state index contributed by atoms with van der Waals surface area (Å²) < 4.78 is 11.1. The van der Waals surface area contributed by atoms with Crippen molar-refractivity contribution < 1.29 is 19.4 Å². The van der Waals surface area contributed by atoms with Crippen LogP contribution < -0.4 is 0 Å². The van der Waals surface area contributed by atoms with Crippen molar-refractivity contribution in [3.8, 4) is 0 Å². The molecule has 0 spiro atoms. The van der Waals surface area contributed by atoms with Crippen molar-refractivity contribution in [3.63, 3.8) is 0 Å². The number of esters is 1. The van der Waals surface area contributed by atoms with Crippen molar-refractivity contribution in [3.05, 3.63) is 24.3 Å². The zero-order valence-corrected chi connectivity index (χ0v) is 27.6. The van der Waals surface area contributed by atoms with Gasteiger partial charge in [0.2, 0.25) is 0 Å². The lowest BCUT2D eigenvalue weighted by Crippen LogP contribution is -2.27. The first kappa shape index (κ1) is 39.9. The topological polar surface area (TPSA) is 55.8 Å². The highest BCUT2D eigenvalue weighted by Gasteiger charge is 2.13. The minimum Gasteiger partial charge on any atom is -0.457 e. The minimum absolute atomic E-state index is 0.174. The molecule has 0 heterocycles. The molecule has 0 amide bonds. The second-order valence-electron chi connectivity index (χ2n) is 11.9. The molecule has 0 aliphatic heterocycles. The van der Waals surface area contributed by atoms with E-state index in [4.69, 9.17) is 9.47 Å². The fourth-order valence-electron chi connectivity index (χ4n) is 5.07. The van der Waals surface area contributed by atoms with Crippen LogP contribution in [0, 0.1) is 0 Å². The van der Waals surface area contributed by atoms with E-state index in [0.29, 0.717) is 19.6 Å². The first-order valence-corrected chi connectivity index (χ1v) is 17.9. The van der Waals surface area contributed by atoms with Gasteiger partial charge in [0.1, 0.15) is 6.10 Å². The zero-order valence-electron chi connectivity index (χ0n) is 27.6. The number of aliphatic hydroxyl groups is 1. The van der Waals surface area contributed by atoms with E-state index in [2.05, 4.69) is 38.2 Å². The molecule has 0 radical (unpaired) electrons. The zero-order chi connectivity index (χ0) is 29.9. The molecule has 0 saturated carbocycles. The van der Waals surface area contributed by atoms with Gasteiger partial charge in [0, 0.05) is 13.0 Å². The van der Waals surface area contributed by atoms with E-state index in [1.54, 1.807) is 0 Å². The van der Waals surface area contributed by atoms with Crippen LogP contribution in [-0.4, -0.2) is 37.0 Å². The predicted octanol–water partition coefficient (Wildman–Crippen LogP) is 11.2. The number of hydrogen-bond donors (Lipinski definition) is 1. The molecule has 4 heteroatoms. The van der Waals surface area contributed by atoms with Crippen LogP contribution in [0.5, 0.6) is 0 Å². The van der Waals surface area contributed by atoms with E-state index in [9.17, 15) is 9.90 Å². The quantitative estimate of drug-likeness (QED) is 0.0478. The predicted molar refractivity (Wildman–Crippen MR) is 177 cm³/mol. The largest absolute Gasteiger partial charge is 0.457 e. The van der Waals surface area contributed by atoms with E-state index in [0.717, 1.165) is 38.5 Å². The summed E-state index contributed by atoms with van der Waals surface area (Å²) in [5.74, 6) is -0.214. The molecule has 0 saturated heterocycles. The minimum atomic E-state index is -0.535. The van der Waals surface area contributed by atoms with Crippen molar-refractivity contribution in [2.75, 3.05) is 19.8 Å². The summed E-state index contributed by atoms with van der Waals surface area (Å²) in [6, 6.07) is 0. The van der Waals surface area contributed by atoms with Crippen LogP contribution in [-0.2, 0) is 14.3 Å². The third-order valence-corrected chi connectivity index (χ3v) is 7.76. The van der Waals surface area contributed by atoms with Crippen LogP contribution in [0.1, 0.15) is 181 Å². The number of rotatable bonds is 33. The molecule has 1 N–H and O–H groups in total. The van der Waals surface area contributed by atoms with E-state index >= 15 is 0 Å². The molecule has 0 aromatic carbocycles. The SMILES string of the molecule is CCC/C=C\C/C=C\CCCCCCCC(=O)OC(CO)COCCCCCCCCCCCCCCCCCC. The molecule has 1 atom stereocenters. The van der Waals surface area contributed by atoms with Gasteiger partial charge in [-0.25, -0.2) is 0 Å². The Bertz CT molecular complexity index is 571. The van der Waals surface area contributed by atoms with Gasteiger partial charge in [-0.1, -0.05) is 160 Å². The molecule has 0 rings (SSSR count). The van der Waals surface area contributed by atoms with Crippen LogP contribution >= 0.6 is 0 Å². The van der Waals surface area contributed by atoms with E-state index in [1.165, 1.54) is 122 Å². The normalized spacial score (nSPS) is 12.6. The molecular formula is C37H70O4.